The van der Waals surface area contributed by atoms with Crippen LogP contribution >= 0.6 is 11.6 Å². The molecular formula is C17H17ClN8O. The molecule has 0 saturated heterocycles. The van der Waals surface area contributed by atoms with Gasteiger partial charge in [0.25, 0.3) is 5.91 Å². The van der Waals surface area contributed by atoms with Gasteiger partial charge in [-0.05, 0) is 6.07 Å². The van der Waals surface area contributed by atoms with Crippen molar-refractivity contribution in [3.8, 4) is 11.3 Å². The molecule has 0 unspecified atom stereocenters. The summed E-state index contributed by atoms with van der Waals surface area (Å²) in [5.74, 6) is -0.512. The molecule has 0 fully saturated rings. The van der Waals surface area contributed by atoms with Crippen molar-refractivity contribution in [2.45, 2.75) is 6.54 Å². The number of nitrogens with one attached hydrogen (secondary N) is 2. The number of rotatable bonds is 3. The molecule has 2 N–H and O–H groups in total. The smallest absolute Gasteiger partial charge is 0.273 e. The van der Waals surface area contributed by atoms with Gasteiger partial charge >= 0.3 is 0 Å². The summed E-state index contributed by atoms with van der Waals surface area (Å²) in [6, 6.07) is 1.86. The van der Waals surface area contributed by atoms with E-state index in [1.807, 2.05) is 36.6 Å². The lowest BCUT2D eigenvalue weighted by atomic mass is 10.0. The first kappa shape index (κ1) is 13.9. The molecule has 27 heavy (non-hydrogen) atoms. The predicted octanol–water partition coefficient (Wildman–Crippen LogP) is 1.98. The third-order valence-corrected chi connectivity index (χ3v) is 4.54. The summed E-state index contributed by atoms with van der Waals surface area (Å²) in [7, 11) is 3.77. The molecule has 4 heterocycles. The topological polar surface area (TPSA) is 101 Å². The van der Waals surface area contributed by atoms with Crippen LogP contribution in [0.3, 0.4) is 0 Å². The van der Waals surface area contributed by atoms with E-state index in [2.05, 4.69) is 25.6 Å². The molecule has 0 saturated carbocycles. The zero-order chi connectivity index (χ0) is 21.6. The molecule has 0 aromatic carbocycles. The van der Waals surface area contributed by atoms with Crippen molar-refractivity contribution >= 4 is 34.7 Å². The second-order valence-electron chi connectivity index (χ2n) is 6.08. The Balaban J connectivity index is 1.78. The summed E-state index contributed by atoms with van der Waals surface area (Å²) < 4.78 is 23.5. The van der Waals surface area contributed by atoms with Crippen LogP contribution < -0.4 is 15.5 Å². The van der Waals surface area contributed by atoms with Crippen molar-refractivity contribution in [1.29, 1.82) is 0 Å². The van der Waals surface area contributed by atoms with Crippen molar-refractivity contribution in [3.05, 3.63) is 40.9 Å². The summed E-state index contributed by atoms with van der Waals surface area (Å²) >= 11 is 6.26. The van der Waals surface area contributed by atoms with Crippen LogP contribution in [0, 0.1) is 0 Å². The minimum Gasteiger partial charge on any atom is -0.367 e. The lowest BCUT2D eigenvalue weighted by Crippen LogP contribution is -2.24. The van der Waals surface area contributed by atoms with E-state index in [0.717, 1.165) is 22.5 Å². The van der Waals surface area contributed by atoms with Crippen LogP contribution in [0.15, 0.2) is 24.7 Å². The van der Waals surface area contributed by atoms with Gasteiger partial charge in [-0.25, -0.2) is 4.98 Å². The molecule has 0 aliphatic carbocycles. The Labute approximate surface area is 164 Å². The number of hydrogen-bond acceptors (Lipinski definition) is 7. The van der Waals surface area contributed by atoms with E-state index in [-0.39, 0.29) is 16.4 Å². The molecule has 0 atom stereocenters. The zero-order valence-corrected chi connectivity index (χ0v) is 15.2. The predicted molar refractivity (Wildman–Crippen MR) is 102 cm³/mol. The van der Waals surface area contributed by atoms with Crippen LogP contribution in [-0.2, 0) is 13.6 Å². The lowest BCUT2D eigenvalue weighted by Gasteiger charge is -2.28. The fourth-order valence-corrected chi connectivity index (χ4v) is 3.34. The normalized spacial score (nSPS) is 14.5. The maximum absolute atomic E-state index is 12.4. The quantitative estimate of drug-likeness (QED) is 0.708. The van der Waals surface area contributed by atoms with E-state index in [0.29, 0.717) is 12.4 Å². The van der Waals surface area contributed by atoms with Gasteiger partial charge in [0.2, 0.25) is 0 Å². The van der Waals surface area contributed by atoms with Gasteiger partial charge < -0.3 is 15.5 Å². The first-order valence-electron chi connectivity index (χ1n) is 9.48. The average molecular weight is 388 g/mol. The highest BCUT2D eigenvalue weighted by atomic mass is 35.5. The number of nitrogens with zero attached hydrogens (tertiary/aromatic N) is 6. The summed E-state index contributed by atoms with van der Waals surface area (Å²) in [5, 5.41) is 17.0. The highest BCUT2D eigenvalue weighted by molar-refractivity contribution is 6.34. The minimum atomic E-state index is -2.68. The summed E-state index contributed by atoms with van der Waals surface area (Å²) in [4.78, 5) is 18.8. The molecule has 0 radical (unpaired) electrons. The fourth-order valence-electron chi connectivity index (χ4n) is 3.16. The first-order valence-corrected chi connectivity index (χ1v) is 8.35. The van der Waals surface area contributed by atoms with Crippen molar-refractivity contribution in [3.63, 3.8) is 0 Å². The number of halogens is 1. The Morgan fingerprint density at radius 2 is 2.26 bits per heavy atom. The number of hydrogen-bond donors (Lipinski definition) is 2. The summed E-state index contributed by atoms with van der Waals surface area (Å²) in [6.45, 7) is -2.07. The zero-order valence-electron chi connectivity index (χ0n) is 17.5. The number of amides is 1. The molecule has 1 aliphatic rings. The van der Waals surface area contributed by atoms with Gasteiger partial charge in [-0.3, -0.25) is 9.48 Å². The number of aromatic nitrogens is 5. The highest BCUT2D eigenvalue weighted by Gasteiger charge is 2.27. The highest BCUT2D eigenvalue weighted by Crippen LogP contribution is 2.42. The number of carbonyl (C=O) groups is 1. The number of pyridine rings is 1. The Bertz CT molecular complexity index is 1150. The Morgan fingerprint density at radius 3 is 3.07 bits per heavy atom. The van der Waals surface area contributed by atoms with Crippen LogP contribution in [0.1, 0.15) is 20.2 Å². The largest absolute Gasteiger partial charge is 0.367 e. The molecular weight excluding hydrogens is 368 g/mol. The molecule has 10 heteroatoms. The maximum Gasteiger partial charge on any atom is 0.273 e. The van der Waals surface area contributed by atoms with Crippen LogP contribution in [0.5, 0.6) is 0 Å². The number of aryl methyl sites for hydroxylation is 1. The SMILES string of the molecule is [2H]C([2H])([2H])NC(=O)c1nncc(Cl)c1Nc1nccc2c1N(C)Cc1cn(C)nc1-2. The van der Waals surface area contributed by atoms with E-state index >= 15 is 0 Å². The van der Waals surface area contributed by atoms with Gasteiger partial charge in [-0.15, -0.1) is 5.10 Å². The molecule has 0 spiro atoms. The molecule has 138 valence electrons. The third kappa shape index (κ3) is 2.85. The van der Waals surface area contributed by atoms with E-state index < -0.39 is 12.9 Å². The number of carbonyl (C=O) groups excluding carboxylic acids is 1. The van der Waals surface area contributed by atoms with E-state index in [9.17, 15) is 4.79 Å². The van der Waals surface area contributed by atoms with Crippen molar-refractivity contribution in [2.24, 2.45) is 7.05 Å². The van der Waals surface area contributed by atoms with Crippen molar-refractivity contribution < 1.29 is 8.91 Å². The number of anilines is 3. The summed E-state index contributed by atoms with van der Waals surface area (Å²) in [6.07, 6.45) is 4.83. The lowest BCUT2D eigenvalue weighted by molar-refractivity contribution is 0.0958. The molecule has 1 aliphatic heterocycles. The average Bonchev–Trinajstić information content (AvgIpc) is 3.02. The minimum absolute atomic E-state index is 0.0945. The molecule has 4 rings (SSSR count). The monoisotopic (exact) mass is 387 g/mol. The molecule has 3 aromatic heterocycles. The molecule has 9 nitrogen and oxygen atoms in total. The van der Waals surface area contributed by atoms with Crippen LogP contribution in [0.4, 0.5) is 17.2 Å². The standard InChI is InChI=1S/C17H17ClN8O/c1-19-17(27)14-13(11(18)6-21-23-14)22-16-15-10(4-5-20-16)12-9(7-25(15)2)8-26(3)24-12/h4-6,8H,7H2,1-3H3,(H,19,27)(H,20,21,22)/i1D3. The Morgan fingerprint density at radius 1 is 1.41 bits per heavy atom. The van der Waals surface area contributed by atoms with Gasteiger partial charge in [0.05, 0.1) is 28.3 Å². The molecule has 0 bridgehead atoms. The maximum atomic E-state index is 12.4. The third-order valence-electron chi connectivity index (χ3n) is 4.25. The Kier molecular flexibility index (Phi) is 3.36. The first-order chi connectivity index (χ1) is 14.1. The van der Waals surface area contributed by atoms with Gasteiger partial charge in [0, 0.05) is 55.2 Å². The van der Waals surface area contributed by atoms with E-state index in [1.54, 1.807) is 10.9 Å². The van der Waals surface area contributed by atoms with E-state index in [1.165, 1.54) is 6.20 Å². The van der Waals surface area contributed by atoms with Gasteiger partial charge in [0.1, 0.15) is 0 Å². The van der Waals surface area contributed by atoms with E-state index in [4.69, 9.17) is 15.7 Å². The molecule has 3 aromatic rings. The van der Waals surface area contributed by atoms with Gasteiger partial charge in [0.15, 0.2) is 11.5 Å². The molecule has 1 amide bonds. The van der Waals surface area contributed by atoms with Crippen LogP contribution in [0.25, 0.3) is 11.3 Å². The second-order valence-corrected chi connectivity index (χ2v) is 6.49. The van der Waals surface area contributed by atoms with Crippen molar-refractivity contribution in [2.75, 3.05) is 24.2 Å². The second kappa shape index (κ2) is 6.51. The van der Waals surface area contributed by atoms with Crippen LogP contribution in [0.2, 0.25) is 5.02 Å². The van der Waals surface area contributed by atoms with Gasteiger partial charge in [-0.2, -0.15) is 10.2 Å². The van der Waals surface area contributed by atoms with Crippen molar-refractivity contribution in [1.82, 2.24) is 30.3 Å². The van der Waals surface area contributed by atoms with Crippen LogP contribution in [-0.4, -0.2) is 44.9 Å². The summed E-state index contributed by atoms with van der Waals surface area (Å²) in [5.41, 5.74) is 3.40. The number of fused-ring (bicyclic) bond motifs is 3. The van der Waals surface area contributed by atoms with Gasteiger partial charge in [-0.1, -0.05) is 11.6 Å². The Hall–Kier alpha value is -3.20. The fraction of sp³-hybridized carbons (Fsp3) is 0.235.